The van der Waals surface area contributed by atoms with Crippen LogP contribution in [0.2, 0.25) is 0 Å². The second-order valence-corrected chi connectivity index (χ2v) is 10.6. The van der Waals surface area contributed by atoms with E-state index in [0.29, 0.717) is 41.1 Å². The number of aromatic nitrogens is 3. The number of alkyl halides is 2. The van der Waals surface area contributed by atoms with Gasteiger partial charge in [-0.2, -0.15) is 13.9 Å². The first-order valence-corrected chi connectivity index (χ1v) is 11.8. The van der Waals surface area contributed by atoms with Gasteiger partial charge in [-0.05, 0) is 38.7 Å². The normalized spacial score (nSPS) is 26.5. The molecule has 0 aromatic carbocycles. The molecule has 6 rings (SSSR count). The van der Waals surface area contributed by atoms with Gasteiger partial charge in [-0.1, -0.05) is 6.92 Å². The summed E-state index contributed by atoms with van der Waals surface area (Å²) in [6.45, 7) is 4.13. The van der Waals surface area contributed by atoms with Crippen molar-refractivity contribution >= 4 is 17.1 Å². The largest absolute Gasteiger partial charge is 0.493 e. The molecule has 2 aromatic heterocycles. The van der Waals surface area contributed by atoms with E-state index in [1.807, 2.05) is 4.68 Å². The number of fused-ring (bicyclic) bond motifs is 7. The SMILES string of the molecule is CC12CC(c3cnn(C(F)F)c3)=C3OCCC3=C1c1cc(=O)c(C(=O)O)cn1N1[C@H]2CCC1(C)C. The van der Waals surface area contributed by atoms with Crippen LogP contribution in [0, 0.1) is 5.41 Å². The number of nitrogens with zero attached hydrogens (tertiary/aromatic N) is 4. The molecular formula is C25H26F2N4O4. The molecule has 10 heteroatoms. The molecule has 1 unspecified atom stereocenters. The van der Waals surface area contributed by atoms with Crippen LogP contribution < -0.4 is 10.4 Å². The molecule has 2 aromatic rings. The van der Waals surface area contributed by atoms with E-state index >= 15 is 0 Å². The van der Waals surface area contributed by atoms with E-state index in [2.05, 4.69) is 30.9 Å². The van der Waals surface area contributed by atoms with Crippen LogP contribution in [0.5, 0.6) is 0 Å². The van der Waals surface area contributed by atoms with Crippen LogP contribution in [0.1, 0.15) is 74.6 Å². The van der Waals surface area contributed by atoms with E-state index in [1.54, 1.807) is 0 Å². The first kappa shape index (κ1) is 22.1. The monoisotopic (exact) mass is 484 g/mol. The molecule has 35 heavy (non-hydrogen) atoms. The van der Waals surface area contributed by atoms with Gasteiger partial charge in [0.05, 0.1) is 30.1 Å². The number of pyridine rings is 1. The number of allylic oxidation sites excluding steroid dienone is 2. The summed E-state index contributed by atoms with van der Waals surface area (Å²) < 4.78 is 35.1. The van der Waals surface area contributed by atoms with Crippen molar-refractivity contribution in [3.63, 3.8) is 0 Å². The number of ether oxygens (including phenoxy) is 1. The van der Waals surface area contributed by atoms with Gasteiger partial charge in [-0.25, -0.2) is 9.48 Å². The third kappa shape index (κ3) is 2.91. The maximum absolute atomic E-state index is 13.3. The molecule has 0 bridgehead atoms. The second kappa shape index (κ2) is 7.05. The average Bonchev–Trinajstić information content (AvgIpc) is 3.51. The van der Waals surface area contributed by atoms with Crippen LogP contribution in [0.15, 0.2) is 40.8 Å². The van der Waals surface area contributed by atoms with Gasteiger partial charge in [0, 0.05) is 47.0 Å². The van der Waals surface area contributed by atoms with Gasteiger partial charge in [-0.15, -0.1) is 0 Å². The highest BCUT2D eigenvalue weighted by Gasteiger charge is 2.57. The Hall–Kier alpha value is -3.43. The molecule has 2 saturated heterocycles. The number of hydrogen-bond acceptors (Lipinski definition) is 5. The van der Waals surface area contributed by atoms with Gasteiger partial charge >= 0.3 is 12.5 Å². The number of carbonyl (C=O) groups is 1. The van der Waals surface area contributed by atoms with Crippen molar-refractivity contribution in [2.45, 2.75) is 64.6 Å². The summed E-state index contributed by atoms with van der Waals surface area (Å²) in [5.74, 6) is -0.588. The Morgan fingerprint density at radius 3 is 2.71 bits per heavy atom. The molecular weight excluding hydrogens is 458 g/mol. The maximum Gasteiger partial charge on any atom is 0.341 e. The summed E-state index contributed by atoms with van der Waals surface area (Å²) in [7, 11) is 0. The smallest absolute Gasteiger partial charge is 0.341 e. The molecule has 1 N–H and O–H groups in total. The van der Waals surface area contributed by atoms with Crippen LogP contribution in [-0.4, -0.2) is 43.7 Å². The number of aromatic carboxylic acids is 1. The molecule has 8 nitrogen and oxygen atoms in total. The van der Waals surface area contributed by atoms with Crippen molar-refractivity contribution < 1.29 is 23.4 Å². The van der Waals surface area contributed by atoms with Gasteiger partial charge < -0.3 is 14.9 Å². The maximum atomic E-state index is 13.3. The molecule has 2 fully saturated rings. The fourth-order valence-corrected chi connectivity index (χ4v) is 6.64. The summed E-state index contributed by atoms with van der Waals surface area (Å²) in [6.07, 6.45) is 7.18. The van der Waals surface area contributed by atoms with Gasteiger partial charge in [-0.3, -0.25) is 9.47 Å². The second-order valence-electron chi connectivity index (χ2n) is 10.6. The quantitative estimate of drug-likeness (QED) is 0.708. The first-order valence-electron chi connectivity index (χ1n) is 11.8. The minimum atomic E-state index is -2.73. The highest BCUT2D eigenvalue weighted by molar-refractivity contribution is 5.90. The Labute approximate surface area is 200 Å². The molecule has 0 radical (unpaired) electrons. The van der Waals surface area contributed by atoms with Gasteiger partial charge in [0.2, 0.25) is 0 Å². The minimum absolute atomic E-state index is 0.0129. The highest BCUT2D eigenvalue weighted by atomic mass is 19.3. The first-order chi connectivity index (χ1) is 16.5. The van der Waals surface area contributed by atoms with Gasteiger partial charge in [0.1, 0.15) is 11.3 Å². The third-order valence-electron chi connectivity index (χ3n) is 8.14. The summed E-state index contributed by atoms with van der Waals surface area (Å²) in [4.78, 5) is 24.7. The summed E-state index contributed by atoms with van der Waals surface area (Å²) in [5, 5.41) is 15.7. The molecule has 3 aliphatic heterocycles. The Morgan fingerprint density at radius 1 is 1.26 bits per heavy atom. The topological polar surface area (TPSA) is 89.6 Å². The highest BCUT2D eigenvalue weighted by Crippen LogP contribution is 2.60. The molecule has 0 amide bonds. The van der Waals surface area contributed by atoms with Crippen molar-refractivity contribution in [1.82, 2.24) is 14.5 Å². The third-order valence-corrected chi connectivity index (χ3v) is 8.14. The predicted molar refractivity (Wildman–Crippen MR) is 124 cm³/mol. The molecule has 5 heterocycles. The predicted octanol–water partition coefficient (Wildman–Crippen LogP) is 4.03. The fourth-order valence-electron chi connectivity index (χ4n) is 6.64. The number of rotatable bonds is 3. The Balaban J connectivity index is 1.65. The standard InChI is InChI=1S/C25H26F2N4O4/c1-24(2)6-4-19-25(3)9-15(13-10-28-29(11-13)23(26)27)21-14(5-7-35-21)20(25)17-8-18(32)16(22(33)34)12-30(17)31(19)24/h8,10-12,19,23H,4-7,9H2,1-3H3,(H,33,34)/t19-,25?/m0/s1. The van der Waals surface area contributed by atoms with Crippen molar-refractivity contribution in [3.05, 3.63) is 63.0 Å². The number of carboxylic acid groups (broad SMARTS) is 1. The van der Waals surface area contributed by atoms with Crippen LogP contribution in [0.3, 0.4) is 0 Å². The van der Waals surface area contributed by atoms with E-state index in [-0.39, 0.29) is 17.1 Å². The number of halogens is 2. The molecule has 4 aliphatic rings. The van der Waals surface area contributed by atoms with Crippen LogP contribution in [0.25, 0.3) is 11.1 Å². The molecule has 184 valence electrons. The zero-order valence-electron chi connectivity index (χ0n) is 19.7. The zero-order chi connectivity index (χ0) is 24.9. The van der Waals surface area contributed by atoms with Crippen molar-refractivity contribution in [2.75, 3.05) is 11.6 Å². The molecule has 2 atom stereocenters. The molecule has 0 saturated carbocycles. The van der Waals surface area contributed by atoms with E-state index in [9.17, 15) is 23.5 Å². The van der Waals surface area contributed by atoms with E-state index in [0.717, 1.165) is 29.6 Å². The van der Waals surface area contributed by atoms with E-state index in [1.165, 1.54) is 24.7 Å². The molecule has 0 spiro atoms. The molecule has 1 aliphatic carbocycles. The Morgan fingerprint density at radius 2 is 2.03 bits per heavy atom. The Kier molecular flexibility index (Phi) is 4.44. The lowest BCUT2D eigenvalue weighted by Gasteiger charge is -2.54. The number of hydrogen-bond donors (Lipinski definition) is 1. The lowest BCUT2D eigenvalue weighted by atomic mass is 9.63. The van der Waals surface area contributed by atoms with Crippen LogP contribution >= 0.6 is 0 Å². The summed E-state index contributed by atoms with van der Waals surface area (Å²) in [6, 6.07) is 1.45. The minimum Gasteiger partial charge on any atom is -0.493 e. The summed E-state index contributed by atoms with van der Waals surface area (Å²) >= 11 is 0. The van der Waals surface area contributed by atoms with Gasteiger partial charge in [0.25, 0.3) is 0 Å². The van der Waals surface area contributed by atoms with E-state index in [4.69, 9.17) is 4.74 Å². The number of carboxylic acids is 1. The summed E-state index contributed by atoms with van der Waals surface area (Å²) in [5.41, 5.74) is 2.55. The van der Waals surface area contributed by atoms with Crippen molar-refractivity contribution in [2.24, 2.45) is 5.41 Å². The zero-order valence-corrected chi connectivity index (χ0v) is 19.7. The average molecular weight is 485 g/mol. The van der Waals surface area contributed by atoms with Crippen molar-refractivity contribution in [1.29, 1.82) is 0 Å². The lowest BCUT2D eigenvalue weighted by Crippen LogP contribution is -2.60. The van der Waals surface area contributed by atoms with E-state index < -0.39 is 23.4 Å². The van der Waals surface area contributed by atoms with Gasteiger partial charge in [0.15, 0.2) is 5.43 Å². The van der Waals surface area contributed by atoms with Crippen molar-refractivity contribution in [3.8, 4) is 0 Å². The Bertz CT molecular complexity index is 1400. The fraction of sp³-hybridized carbons (Fsp3) is 0.480. The van der Waals surface area contributed by atoms with Crippen LogP contribution in [-0.2, 0) is 4.74 Å². The lowest BCUT2D eigenvalue weighted by molar-refractivity contribution is 0.0565. The van der Waals surface area contributed by atoms with Crippen LogP contribution in [0.4, 0.5) is 8.78 Å².